The van der Waals surface area contributed by atoms with E-state index in [4.69, 9.17) is 21.1 Å². The largest absolute Gasteiger partial charge is 0.496 e. The molecule has 0 spiro atoms. The molecule has 1 saturated heterocycles. The number of carbonyl (C=O) groups excluding carboxylic acids is 2. The zero-order chi connectivity index (χ0) is 25.5. The van der Waals surface area contributed by atoms with Crippen LogP contribution in [0.5, 0.6) is 11.5 Å². The number of anilines is 2. The second-order valence-electron chi connectivity index (χ2n) is 8.47. The van der Waals surface area contributed by atoms with Crippen LogP contribution in [0.3, 0.4) is 0 Å². The lowest BCUT2D eigenvalue weighted by atomic mass is 10.1. The van der Waals surface area contributed by atoms with Gasteiger partial charge in [-0.05, 0) is 61.0 Å². The molecule has 0 aliphatic carbocycles. The molecular weight excluding hydrogens is 478 g/mol. The van der Waals surface area contributed by atoms with Gasteiger partial charge in [-0.1, -0.05) is 30.7 Å². The molecule has 1 aliphatic rings. The summed E-state index contributed by atoms with van der Waals surface area (Å²) in [6, 6.07) is 19.8. The zero-order valence-corrected chi connectivity index (χ0v) is 21.3. The summed E-state index contributed by atoms with van der Waals surface area (Å²) < 4.78 is 10.9. The van der Waals surface area contributed by atoms with E-state index in [1.807, 2.05) is 47.4 Å². The quantitative estimate of drug-likeness (QED) is 0.445. The minimum Gasteiger partial charge on any atom is -0.496 e. The molecular formula is C28H30ClN3O4. The average Bonchev–Trinajstić information content (AvgIpc) is 2.92. The SMILES string of the molecule is CCCOc1ccc(C(=O)N2CCN(c3ccc(NC(=O)c4ccccc4OC)cc3Cl)CC2)cc1. The normalized spacial score (nSPS) is 13.3. The molecule has 0 unspecified atom stereocenters. The van der Waals surface area contributed by atoms with E-state index < -0.39 is 0 Å². The molecule has 0 atom stereocenters. The summed E-state index contributed by atoms with van der Waals surface area (Å²) in [4.78, 5) is 29.6. The van der Waals surface area contributed by atoms with Crippen molar-refractivity contribution in [1.82, 2.24) is 4.90 Å². The molecule has 1 heterocycles. The Balaban J connectivity index is 1.35. The first-order chi connectivity index (χ1) is 17.5. The summed E-state index contributed by atoms with van der Waals surface area (Å²) in [5.41, 5.74) is 2.57. The number of nitrogens with one attached hydrogen (secondary N) is 1. The van der Waals surface area contributed by atoms with E-state index in [2.05, 4.69) is 17.1 Å². The summed E-state index contributed by atoms with van der Waals surface area (Å²) in [5, 5.41) is 3.41. The maximum absolute atomic E-state index is 12.9. The smallest absolute Gasteiger partial charge is 0.259 e. The number of rotatable bonds is 8. The zero-order valence-electron chi connectivity index (χ0n) is 20.5. The van der Waals surface area contributed by atoms with Crippen molar-refractivity contribution in [3.63, 3.8) is 0 Å². The number of ether oxygens (including phenoxy) is 2. The Labute approximate surface area is 216 Å². The highest BCUT2D eigenvalue weighted by Gasteiger charge is 2.24. The molecule has 188 valence electrons. The highest BCUT2D eigenvalue weighted by atomic mass is 35.5. The van der Waals surface area contributed by atoms with Crippen molar-refractivity contribution in [2.24, 2.45) is 0 Å². The number of hydrogen-bond donors (Lipinski definition) is 1. The molecule has 0 bridgehead atoms. The molecule has 3 aromatic carbocycles. The van der Waals surface area contributed by atoms with Gasteiger partial charge in [0.2, 0.25) is 0 Å². The summed E-state index contributed by atoms with van der Waals surface area (Å²) in [6.07, 6.45) is 0.940. The van der Waals surface area contributed by atoms with Crippen molar-refractivity contribution in [2.45, 2.75) is 13.3 Å². The van der Waals surface area contributed by atoms with Gasteiger partial charge in [0.05, 0.1) is 30.0 Å². The van der Waals surface area contributed by atoms with Crippen LogP contribution in [0.1, 0.15) is 34.1 Å². The van der Waals surface area contributed by atoms with Crippen molar-refractivity contribution in [2.75, 3.05) is 50.1 Å². The molecule has 8 heteroatoms. The lowest BCUT2D eigenvalue weighted by Gasteiger charge is -2.36. The second kappa shape index (κ2) is 11.8. The standard InChI is InChI=1S/C28H30ClN3O4/c1-3-18-36-22-11-8-20(9-12-22)28(34)32-16-14-31(15-17-32)25-13-10-21(19-24(25)29)30-27(33)23-6-4-5-7-26(23)35-2/h4-13,19H,3,14-18H2,1-2H3,(H,30,33). The third kappa shape index (κ3) is 5.91. The number of hydrogen-bond acceptors (Lipinski definition) is 5. The highest BCUT2D eigenvalue weighted by molar-refractivity contribution is 6.33. The van der Waals surface area contributed by atoms with Gasteiger partial charge in [0.25, 0.3) is 11.8 Å². The summed E-state index contributed by atoms with van der Waals surface area (Å²) in [6.45, 7) is 5.23. The first kappa shape index (κ1) is 25.4. The van der Waals surface area contributed by atoms with E-state index in [1.165, 1.54) is 7.11 Å². The monoisotopic (exact) mass is 507 g/mol. The van der Waals surface area contributed by atoms with Crippen LogP contribution in [0.15, 0.2) is 66.7 Å². The number of nitrogens with zero attached hydrogens (tertiary/aromatic N) is 2. The fourth-order valence-electron chi connectivity index (χ4n) is 4.12. The van der Waals surface area contributed by atoms with Crippen LogP contribution >= 0.6 is 11.6 Å². The van der Waals surface area contributed by atoms with E-state index in [0.717, 1.165) is 17.9 Å². The van der Waals surface area contributed by atoms with Gasteiger partial charge in [-0.3, -0.25) is 9.59 Å². The van der Waals surface area contributed by atoms with Crippen molar-refractivity contribution in [1.29, 1.82) is 0 Å². The third-order valence-electron chi connectivity index (χ3n) is 6.04. The Kier molecular flexibility index (Phi) is 8.33. The third-order valence-corrected chi connectivity index (χ3v) is 6.34. The van der Waals surface area contributed by atoms with Crippen molar-refractivity contribution in [3.05, 3.63) is 82.9 Å². The van der Waals surface area contributed by atoms with E-state index in [-0.39, 0.29) is 11.8 Å². The van der Waals surface area contributed by atoms with Crippen molar-refractivity contribution in [3.8, 4) is 11.5 Å². The average molecular weight is 508 g/mol. The number of piperazine rings is 1. The number of halogens is 1. The Morgan fingerprint density at radius 3 is 2.36 bits per heavy atom. The molecule has 1 aliphatic heterocycles. The number of methoxy groups -OCH3 is 1. The lowest BCUT2D eigenvalue weighted by Crippen LogP contribution is -2.48. The van der Waals surface area contributed by atoms with E-state index in [1.54, 1.807) is 24.3 Å². The topological polar surface area (TPSA) is 71.1 Å². The second-order valence-corrected chi connectivity index (χ2v) is 8.88. The Morgan fingerprint density at radius 2 is 1.69 bits per heavy atom. The van der Waals surface area contributed by atoms with Crippen LogP contribution in [-0.4, -0.2) is 56.6 Å². The lowest BCUT2D eigenvalue weighted by molar-refractivity contribution is 0.0746. The highest BCUT2D eigenvalue weighted by Crippen LogP contribution is 2.30. The van der Waals surface area contributed by atoms with Crippen molar-refractivity contribution >= 4 is 34.8 Å². The molecule has 0 aromatic heterocycles. The fraction of sp³-hybridized carbons (Fsp3) is 0.286. The Morgan fingerprint density at radius 1 is 0.972 bits per heavy atom. The van der Waals surface area contributed by atoms with Gasteiger partial charge in [0, 0.05) is 37.4 Å². The van der Waals surface area contributed by atoms with Crippen molar-refractivity contribution < 1.29 is 19.1 Å². The molecule has 7 nitrogen and oxygen atoms in total. The number of para-hydroxylation sites is 1. The van der Waals surface area contributed by atoms with Gasteiger partial charge < -0.3 is 24.6 Å². The van der Waals surface area contributed by atoms with Gasteiger partial charge >= 0.3 is 0 Å². The molecule has 36 heavy (non-hydrogen) atoms. The van der Waals surface area contributed by atoms with Gasteiger partial charge in [-0.15, -0.1) is 0 Å². The molecule has 1 fully saturated rings. The first-order valence-corrected chi connectivity index (χ1v) is 12.4. The molecule has 0 saturated carbocycles. The van der Waals surface area contributed by atoms with Crippen LogP contribution in [0.25, 0.3) is 0 Å². The molecule has 3 aromatic rings. The summed E-state index contributed by atoms with van der Waals surface area (Å²) >= 11 is 6.59. The van der Waals surface area contributed by atoms with Crippen LogP contribution in [0, 0.1) is 0 Å². The van der Waals surface area contributed by atoms with Gasteiger partial charge in [-0.25, -0.2) is 0 Å². The molecule has 0 radical (unpaired) electrons. The minimum atomic E-state index is -0.270. The predicted molar refractivity (Wildman–Crippen MR) is 143 cm³/mol. The molecule has 1 N–H and O–H groups in total. The maximum atomic E-state index is 12.9. The predicted octanol–water partition coefficient (Wildman–Crippen LogP) is 5.35. The van der Waals surface area contributed by atoms with E-state index >= 15 is 0 Å². The first-order valence-electron chi connectivity index (χ1n) is 12.0. The summed E-state index contributed by atoms with van der Waals surface area (Å²) in [7, 11) is 1.53. The summed E-state index contributed by atoms with van der Waals surface area (Å²) in [5.74, 6) is 1.02. The van der Waals surface area contributed by atoms with E-state index in [9.17, 15) is 9.59 Å². The van der Waals surface area contributed by atoms with Crippen LogP contribution in [0.4, 0.5) is 11.4 Å². The Hall–Kier alpha value is -3.71. The van der Waals surface area contributed by atoms with Gasteiger partial charge in [-0.2, -0.15) is 0 Å². The maximum Gasteiger partial charge on any atom is 0.259 e. The number of amides is 2. The Bertz CT molecular complexity index is 1210. The van der Waals surface area contributed by atoms with E-state index in [0.29, 0.717) is 60.4 Å². The van der Waals surface area contributed by atoms with Crippen LogP contribution in [0.2, 0.25) is 5.02 Å². The number of carbonyl (C=O) groups is 2. The van der Waals surface area contributed by atoms with Gasteiger partial charge in [0.1, 0.15) is 11.5 Å². The minimum absolute atomic E-state index is 0.0113. The molecule has 2 amide bonds. The van der Waals surface area contributed by atoms with Gasteiger partial charge in [0.15, 0.2) is 0 Å². The molecule has 4 rings (SSSR count). The fourth-order valence-corrected chi connectivity index (χ4v) is 4.42. The number of benzene rings is 3. The van der Waals surface area contributed by atoms with Crippen LogP contribution in [-0.2, 0) is 0 Å². The van der Waals surface area contributed by atoms with Crippen LogP contribution < -0.4 is 19.7 Å².